The van der Waals surface area contributed by atoms with Gasteiger partial charge in [-0.3, -0.25) is 9.59 Å². The molecule has 1 spiro atoms. The fourth-order valence-electron chi connectivity index (χ4n) is 2.79. The van der Waals surface area contributed by atoms with Gasteiger partial charge in [0.2, 0.25) is 0 Å². The minimum Gasteiger partial charge on any atom is -0.458 e. The van der Waals surface area contributed by atoms with Gasteiger partial charge in [0.05, 0.1) is 18.2 Å². The lowest BCUT2D eigenvalue weighted by Crippen LogP contribution is -2.41. The molecule has 1 atom stereocenters. The van der Waals surface area contributed by atoms with Crippen LogP contribution in [0.25, 0.3) is 0 Å². The topological polar surface area (TPSA) is 43.4 Å². The maximum atomic E-state index is 11.7. The summed E-state index contributed by atoms with van der Waals surface area (Å²) in [6.45, 7) is 0. The first-order chi connectivity index (χ1) is 7.18. The monoisotopic (exact) mass is 230 g/mol. The lowest BCUT2D eigenvalue weighted by molar-refractivity contribution is -0.153. The van der Waals surface area contributed by atoms with Gasteiger partial charge in [-0.15, -0.1) is 11.6 Å². The zero-order valence-corrected chi connectivity index (χ0v) is 9.39. The molecule has 0 amide bonds. The number of Topliss-reactive ketones (excluding diaryl/α,β-unsaturated/α-hetero) is 1. The van der Waals surface area contributed by atoms with Crippen LogP contribution in [-0.4, -0.2) is 23.2 Å². The highest BCUT2D eigenvalue weighted by atomic mass is 35.5. The molecule has 0 aromatic heterocycles. The lowest BCUT2D eigenvalue weighted by atomic mass is 9.74. The molecule has 3 nitrogen and oxygen atoms in total. The molecule has 1 heterocycles. The molecule has 84 valence electrons. The number of carbonyl (C=O) groups excluding carboxylic acids is 2. The molecule has 0 N–H and O–H groups in total. The fraction of sp³-hybridized carbons (Fsp3) is 0.818. The van der Waals surface area contributed by atoms with Gasteiger partial charge in [0.1, 0.15) is 5.60 Å². The Kier molecular flexibility index (Phi) is 3.01. The summed E-state index contributed by atoms with van der Waals surface area (Å²) in [6.07, 6.45) is 5.13. The van der Waals surface area contributed by atoms with E-state index in [1.807, 2.05) is 0 Å². The van der Waals surface area contributed by atoms with E-state index >= 15 is 0 Å². The van der Waals surface area contributed by atoms with E-state index in [1.54, 1.807) is 0 Å². The van der Waals surface area contributed by atoms with Crippen molar-refractivity contribution in [2.45, 2.75) is 44.1 Å². The zero-order valence-electron chi connectivity index (χ0n) is 8.63. The number of ketones is 1. The summed E-state index contributed by atoms with van der Waals surface area (Å²) >= 11 is 5.57. The molecule has 2 fully saturated rings. The van der Waals surface area contributed by atoms with Crippen molar-refractivity contribution in [3.05, 3.63) is 0 Å². The van der Waals surface area contributed by atoms with Gasteiger partial charge in [0, 0.05) is 0 Å². The van der Waals surface area contributed by atoms with E-state index < -0.39 is 5.60 Å². The van der Waals surface area contributed by atoms with Crippen molar-refractivity contribution in [3.63, 3.8) is 0 Å². The summed E-state index contributed by atoms with van der Waals surface area (Å²) < 4.78 is 5.41. The van der Waals surface area contributed by atoms with E-state index in [2.05, 4.69) is 0 Å². The first-order valence-electron chi connectivity index (χ1n) is 5.48. The third kappa shape index (κ3) is 1.89. The smallest absolute Gasteiger partial charge is 0.307 e. The molecule has 0 radical (unpaired) electrons. The summed E-state index contributed by atoms with van der Waals surface area (Å²) in [5.74, 6) is -0.573. The second-order valence-electron chi connectivity index (χ2n) is 4.46. The van der Waals surface area contributed by atoms with Gasteiger partial charge in [0.15, 0.2) is 5.78 Å². The summed E-state index contributed by atoms with van der Waals surface area (Å²) in [6, 6.07) is 0. The molecule has 1 saturated carbocycles. The van der Waals surface area contributed by atoms with Crippen LogP contribution < -0.4 is 0 Å². The Hall–Kier alpha value is -0.570. The van der Waals surface area contributed by atoms with Crippen molar-refractivity contribution >= 4 is 23.4 Å². The van der Waals surface area contributed by atoms with Crippen LogP contribution in [0.15, 0.2) is 0 Å². The van der Waals surface area contributed by atoms with Crippen LogP contribution in [0.3, 0.4) is 0 Å². The van der Waals surface area contributed by atoms with E-state index in [-0.39, 0.29) is 30.0 Å². The highest BCUT2D eigenvalue weighted by molar-refractivity contribution is 6.28. The molecule has 15 heavy (non-hydrogen) atoms. The highest BCUT2D eigenvalue weighted by Crippen LogP contribution is 2.44. The molecule has 1 aliphatic carbocycles. The van der Waals surface area contributed by atoms with Gasteiger partial charge in [-0.05, 0) is 25.7 Å². The Bertz CT molecular complexity index is 282. The molecular formula is C11H15ClO3. The molecule has 1 aliphatic heterocycles. The molecule has 0 bridgehead atoms. The number of halogens is 1. The number of hydrogen-bond acceptors (Lipinski definition) is 3. The Balaban J connectivity index is 2.19. The zero-order chi connectivity index (χ0) is 10.9. The third-order valence-corrected chi connectivity index (χ3v) is 3.81. The van der Waals surface area contributed by atoms with Gasteiger partial charge in [-0.2, -0.15) is 0 Å². The SMILES string of the molecule is O=C1C[C@H](C(=O)CCl)C2(CCCCC2)O1. The van der Waals surface area contributed by atoms with E-state index in [1.165, 1.54) is 6.42 Å². The van der Waals surface area contributed by atoms with Crippen LogP contribution in [-0.2, 0) is 14.3 Å². The summed E-state index contributed by atoms with van der Waals surface area (Å²) in [5.41, 5.74) is -0.499. The third-order valence-electron chi connectivity index (χ3n) is 3.54. The molecule has 1 saturated heterocycles. The Labute approximate surface area is 94.1 Å². The molecule has 0 unspecified atom stereocenters. The van der Waals surface area contributed by atoms with Crippen LogP contribution in [0.4, 0.5) is 0 Å². The number of hydrogen-bond donors (Lipinski definition) is 0. The fourth-order valence-corrected chi connectivity index (χ4v) is 2.98. The second kappa shape index (κ2) is 4.12. The van der Waals surface area contributed by atoms with Crippen LogP contribution in [0, 0.1) is 5.92 Å². The minimum atomic E-state index is -0.499. The van der Waals surface area contributed by atoms with Crippen molar-refractivity contribution in [1.29, 1.82) is 0 Å². The average molecular weight is 231 g/mol. The second-order valence-corrected chi connectivity index (χ2v) is 4.72. The molecule has 0 aromatic carbocycles. The van der Waals surface area contributed by atoms with Crippen LogP contribution in [0.5, 0.6) is 0 Å². The van der Waals surface area contributed by atoms with E-state index in [9.17, 15) is 9.59 Å². The van der Waals surface area contributed by atoms with Gasteiger partial charge in [0.25, 0.3) is 0 Å². The van der Waals surface area contributed by atoms with Crippen molar-refractivity contribution in [2.75, 3.05) is 5.88 Å². The number of carbonyl (C=O) groups is 2. The van der Waals surface area contributed by atoms with Crippen LogP contribution in [0.1, 0.15) is 38.5 Å². The molecule has 4 heteroatoms. The van der Waals surface area contributed by atoms with Crippen molar-refractivity contribution in [2.24, 2.45) is 5.92 Å². The molecule has 0 aromatic rings. The predicted molar refractivity (Wildman–Crippen MR) is 55.7 cm³/mol. The Morgan fingerprint density at radius 1 is 1.40 bits per heavy atom. The summed E-state index contributed by atoms with van der Waals surface area (Å²) in [4.78, 5) is 23.0. The van der Waals surface area contributed by atoms with E-state index in [0.29, 0.717) is 0 Å². The van der Waals surface area contributed by atoms with Gasteiger partial charge < -0.3 is 4.74 Å². The normalized spacial score (nSPS) is 29.1. The van der Waals surface area contributed by atoms with Gasteiger partial charge >= 0.3 is 5.97 Å². The highest BCUT2D eigenvalue weighted by Gasteiger charge is 2.52. The quantitative estimate of drug-likeness (QED) is 0.539. The first-order valence-corrected chi connectivity index (χ1v) is 6.02. The predicted octanol–water partition coefficient (Wildman–Crippen LogP) is 2.06. The molecule has 2 rings (SSSR count). The maximum Gasteiger partial charge on any atom is 0.307 e. The number of ether oxygens (including phenoxy) is 1. The number of alkyl halides is 1. The van der Waals surface area contributed by atoms with E-state index in [0.717, 1.165) is 25.7 Å². The van der Waals surface area contributed by atoms with Crippen molar-refractivity contribution < 1.29 is 14.3 Å². The molecule has 2 aliphatic rings. The average Bonchev–Trinajstić information content (AvgIpc) is 2.55. The van der Waals surface area contributed by atoms with Crippen LogP contribution >= 0.6 is 11.6 Å². The van der Waals surface area contributed by atoms with Gasteiger partial charge in [-0.1, -0.05) is 6.42 Å². The maximum absolute atomic E-state index is 11.7. The van der Waals surface area contributed by atoms with Crippen LogP contribution in [0.2, 0.25) is 0 Å². The Morgan fingerprint density at radius 2 is 2.07 bits per heavy atom. The standard InChI is InChI=1S/C11H15ClO3/c12-7-9(13)8-6-10(14)15-11(8)4-2-1-3-5-11/h8H,1-7H2/t8-/m1/s1. The largest absolute Gasteiger partial charge is 0.458 e. The van der Waals surface area contributed by atoms with Gasteiger partial charge in [-0.25, -0.2) is 0 Å². The first kappa shape index (κ1) is 10.9. The summed E-state index contributed by atoms with van der Waals surface area (Å²) in [7, 11) is 0. The number of rotatable bonds is 2. The summed E-state index contributed by atoms with van der Waals surface area (Å²) in [5, 5.41) is 0. The Morgan fingerprint density at radius 3 is 2.67 bits per heavy atom. The lowest BCUT2D eigenvalue weighted by Gasteiger charge is -2.35. The van der Waals surface area contributed by atoms with Crippen molar-refractivity contribution in [1.82, 2.24) is 0 Å². The minimum absolute atomic E-state index is 0.0109. The number of esters is 1. The molecular weight excluding hydrogens is 216 g/mol. The van der Waals surface area contributed by atoms with E-state index in [4.69, 9.17) is 16.3 Å². The van der Waals surface area contributed by atoms with Crippen molar-refractivity contribution in [3.8, 4) is 0 Å².